The van der Waals surface area contributed by atoms with Crippen LogP contribution < -0.4 is 9.80 Å². The molecule has 1 heterocycles. The van der Waals surface area contributed by atoms with Crippen LogP contribution in [0.15, 0.2) is 103 Å². The molecule has 4 aromatic rings. The fourth-order valence-electron chi connectivity index (χ4n) is 6.09. The second kappa shape index (κ2) is 17.3. The van der Waals surface area contributed by atoms with Crippen molar-refractivity contribution in [3.63, 3.8) is 0 Å². The highest BCUT2D eigenvalue weighted by Gasteiger charge is 2.37. The van der Waals surface area contributed by atoms with Crippen molar-refractivity contribution in [2.45, 2.75) is 62.3 Å². The fourth-order valence-corrected chi connectivity index (χ4v) is 6.09. The third-order valence-electron chi connectivity index (χ3n) is 8.15. The topological polar surface area (TPSA) is 9.49 Å². The van der Waals surface area contributed by atoms with E-state index < -0.39 is 0 Å². The van der Waals surface area contributed by atoms with E-state index in [0.717, 1.165) is 32.7 Å². The SMILES string of the molecule is CC.CC.CCN(CC)c1ccc(C(=C2C(c3ccccc3)=[N+](CC)c3ccccc32)c2ccc(N(CC)CC)cc2)cc1. The molecule has 1 aliphatic rings. The Hall–Kier alpha value is -4.11. The Kier molecular flexibility index (Phi) is 13.5. The van der Waals surface area contributed by atoms with Gasteiger partial charge < -0.3 is 9.80 Å². The number of benzene rings is 4. The minimum absolute atomic E-state index is 0.903. The zero-order valence-electron chi connectivity index (χ0n) is 28.7. The van der Waals surface area contributed by atoms with Crippen LogP contribution in [-0.2, 0) is 0 Å². The summed E-state index contributed by atoms with van der Waals surface area (Å²) in [5, 5.41) is 0. The third-order valence-corrected chi connectivity index (χ3v) is 8.15. The summed E-state index contributed by atoms with van der Waals surface area (Å²) in [7, 11) is 0. The summed E-state index contributed by atoms with van der Waals surface area (Å²) in [6, 6.07) is 38.2. The van der Waals surface area contributed by atoms with Gasteiger partial charge in [0, 0.05) is 54.8 Å². The number of anilines is 2. The molecule has 1 aliphatic heterocycles. The fraction of sp³-hybridized carbons (Fsp3) is 0.341. The van der Waals surface area contributed by atoms with Gasteiger partial charge in [-0.3, -0.25) is 0 Å². The number of para-hydroxylation sites is 1. The highest BCUT2D eigenvalue weighted by Crippen LogP contribution is 2.43. The molecule has 0 radical (unpaired) electrons. The van der Waals surface area contributed by atoms with Crippen molar-refractivity contribution in [3.05, 3.63) is 125 Å². The van der Waals surface area contributed by atoms with Crippen molar-refractivity contribution in [3.8, 4) is 0 Å². The van der Waals surface area contributed by atoms with Gasteiger partial charge in [-0.25, -0.2) is 0 Å². The predicted molar refractivity (Wildman–Crippen MR) is 196 cm³/mol. The number of fused-ring (bicyclic) bond motifs is 1. The van der Waals surface area contributed by atoms with Crippen LogP contribution in [0.2, 0.25) is 0 Å². The molecule has 0 saturated heterocycles. The summed E-state index contributed by atoms with van der Waals surface area (Å²) >= 11 is 0. The molecule has 0 N–H and O–H groups in total. The van der Waals surface area contributed by atoms with Crippen molar-refractivity contribution in [2.24, 2.45) is 0 Å². The summed E-state index contributed by atoms with van der Waals surface area (Å²) in [4.78, 5) is 4.81. The predicted octanol–water partition coefficient (Wildman–Crippen LogP) is 10.6. The lowest BCUT2D eigenvalue weighted by molar-refractivity contribution is -0.431. The summed E-state index contributed by atoms with van der Waals surface area (Å²) in [6.45, 7) is 24.0. The van der Waals surface area contributed by atoms with E-state index in [1.165, 1.54) is 56.2 Å². The normalized spacial score (nSPS) is 11.6. The Morgan fingerprint density at radius 2 is 0.955 bits per heavy atom. The van der Waals surface area contributed by atoms with Gasteiger partial charge in [0.15, 0.2) is 0 Å². The second-order valence-corrected chi connectivity index (χ2v) is 10.2. The molecule has 0 aliphatic carbocycles. The number of allylic oxidation sites excluding steroid dienone is 1. The molecule has 0 saturated carbocycles. The maximum Gasteiger partial charge on any atom is 0.221 e. The monoisotopic (exact) mass is 588 g/mol. The lowest BCUT2D eigenvalue weighted by atomic mass is 9.86. The maximum absolute atomic E-state index is 2.48. The first-order valence-corrected chi connectivity index (χ1v) is 16.9. The first-order chi connectivity index (χ1) is 21.6. The van der Waals surface area contributed by atoms with Gasteiger partial charge in [0.2, 0.25) is 11.4 Å². The molecule has 0 unspecified atom stereocenters. The van der Waals surface area contributed by atoms with Gasteiger partial charge >= 0.3 is 0 Å². The Bertz CT molecular complexity index is 1430. The lowest BCUT2D eigenvalue weighted by Crippen LogP contribution is -2.21. The minimum atomic E-state index is 0.903. The van der Waals surface area contributed by atoms with Crippen molar-refractivity contribution in [1.82, 2.24) is 0 Å². The van der Waals surface area contributed by atoms with Crippen LogP contribution in [-0.4, -0.2) is 43.0 Å². The van der Waals surface area contributed by atoms with Crippen molar-refractivity contribution < 1.29 is 4.58 Å². The molecule has 3 nitrogen and oxygen atoms in total. The molecule has 0 aromatic heterocycles. The molecule has 3 heteroatoms. The summed E-state index contributed by atoms with van der Waals surface area (Å²) < 4.78 is 2.48. The van der Waals surface area contributed by atoms with E-state index in [0.29, 0.717) is 0 Å². The van der Waals surface area contributed by atoms with Gasteiger partial charge in [-0.2, -0.15) is 4.58 Å². The highest BCUT2D eigenvalue weighted by atomic mass is 15.1. The van der Waals surface area contributed by atoms with E-state index >= 15 is 0 Å². The summed E-state index contributed by atoms with van der Waals surface area (Å²) in [6.07, 6.45) is 0. The third kappa shape index (κ3) is 7.16. The molecular formula is C41H54N3+. The second-order valence-electron chi connectivity index (χ2n) is 10.2. The van der Waals surface area contributed by atoms with E-state index in [2.05, 4.69) is 152 Å². The first kappa shape index (κ1) is 34.4. The standard InChI is InChI=1S/C37H42N3.2C2H6/c1-6-38(7-2)31-24-20-28(21-25-31)35(29-22-26-32(27-23-29)39(8-3)9-4)36-33-18-14-15-19-34(33)40(10-5)37(36)30-16-12-11-13-17-30;2*1-2/h11-27H,6-10H2,1-5H3;2*1-2H3/q+1;;. The lowest BCUT2D eigenvalue weighted by Gasteiger charge is -2.23. The van der Waals surface area contributed by atoms with Crippen molar-refractivity contribution in [2.75, 3.05) is 42.5 Å². The molecule has 0 amide bonds. The number of hydrogen-bond acceptors (Lipinski definition) is 2. The first-order valence-electron chi connectivity index (χ1n) is 16.9. The molecule has 232 valence electrons. The molecule has 0 fully saturated rings. The molecule has 0 spiro atoms. The van der Waals surface area contributed by atoms with Crippen LogP contribution in [0.4, 0.5) is 17.1 Å². The Balaban J connectivity index is 0.00000127. The van der Waals surface area contributed by atoms with Crippen LogP contribution in [0.3, 0.4) is 0 Å². The Morgan fingerprint density at radius 3 is 1.39 bits per heavy atom. The smallest absolute Gasteiger partial charge is 0.221 e. The van der Waals surface area contributed by atoms with Crippen LogP contribution in [0.1, 0.15) is 84.6 Å². The molecule has 4 aromatic carbocycles. The van der Waals surface area contributed by atoms with Gasteiger partial charge in [0.1, 0.15) is 6.54 Å². The zero-order chi connectivity index (χ0) is 32.1. The van der Waals surface area contributed by atoms with Crippen molar-refractivity contribution in [1.29, 1.82) is 0 Å². The van der Waals surface area contributed by atoms with Gasteiger partial charge in [0.05, 0.1) is 11.1 Å². The van der Waals surface area contributed by atoms with Crippen molar-refractivity contribution >= 4 is 33.9 Å². The molecule has 0 bridgehead atoms. The zero-order valence-corrected chi connectivity index (χ0v) is 28.7. The summed E-state index contributed by atoms with van der Waals surface area (Å²) in [5.41, 5.74) is 12.7. The Morgan fingerprint density at radius 1 is 0.523 bits per heavy atom. The van der Waals surface area contributed by atoms with E-state index in [1.807, 2.05) is 27.7 Å². The largest absolute Gasteiger partial charge is 0.372 e. The number of hydrogen-bond donors (Lipinski definition) is 0. The quantitative estimate of drug-likeness (QED) is 0.170. The Labute approximate surface area is 268 Å². The van der Waals surface area contributed by atoms with Gasteiger partial charge in [-0.15, -0.1) is 0 Å². The van der Waals surface area contributed by atoms with E-state index in [-0.39, 0.29) is 0 Å². The van der Waals surface area contributed by atoms with Crippen LogP contribution in [0, 0.1) is 0 Å². The van der Waals surface area contributed by atoms with E-state index in [9.17, 15) is 0 Å². The number of rotatable bonds is 10. The van der Waals surface area contributed by atoms with Gasteiger partial charge in [0.25, 0.3) is 0 Å². The molecule has 44 heavy (non-hydrogen) atoms. The molecular weight excluding hydrogens is 534 g/mol. The summed E-state index contributed by atoms with van der Waals surface area (Å²) in [5.74, 6) is 0. The van der Waals surface area contributed by atoms with Crippen LogP contribution in [0.5, 0.6) is 0 Å². The maximum atomic E-state index is 2.48. The van der Waals surface area contributed by atoms with Crippen LogP contribution >= 0.6 is 0 Å². The van der Waals surface area contributed by atoms with Crippen LogP contribution in [0.25, 0.3) is 11.1 Å². The van der Waals surface area contributed by atoms with Gasteiger partial charge in [-0.05, 0) is 88.2 Å². The average molecular weight is 589 g/mol. The minimum Gasteiger partial charge on any atom is -0.372 e. The van der Waals surface area contributed by atoms with Gasteiger partial charge in [-0.1, -0.05) is 82.3 Å². The van der Waals surface area contributed by atoms with E-state index in [1.54, 1.807) is 0 Å². The van der Waals surface area contributed by atoms with E-state index in [4.69, 9.17) is 0 Å². The highest BCUT2D eigenvalue weighted by molar-refractivity contribution is 6.38. The number of nitrogens with zero attached hydrogens (tertiary/aromatic N) is 3. The molecule has 5 rings (SSSR count). The average Bonchev–Trinajstić information content (AvgIpc) is 3.43. The molecule has 0 atom stereocenters.